The van der Waals surface area contributed by atoms with Crippen molar-refractivity contribution in [2.75, 3.05) is 12.4 Å². The van der Waals surface area contributed by atoms with Crippen LogP contribution in [0.2, 0.25) is 0 Å². The molecule has 0 amide bonds. The van der Waals surface area contributed by atoms with E-state index in [1.807, 2.05) is 26.1 Å². The molecule has 0 saturated carbocycles. The molecule has 0 spiro atoms. The predicted molar refractivity (Wildman–Crippen MR) is 117 cm³/mol. The second-order valence-electron chi connectivity index (χ2n) is 7.50. The van der Waals surface area contributed by atoms with Crippen LogP contribution in [0.5, 0.6) is 0 Å². The van der Waals surface area contributed by atoms with Crippen LogP contribution in [0.3, 0.4) is 0 Å². The van der Waals surface area contributed by atoms with Crippen LogP contribution in [-0.2, 0) is 11.3 Å². The lowest BCUT2D eigenvalue weighted by atomic mass is 10.0. The molecule has 6 heteroatoms. The van der Waals surface area contributed by atoms with Gasteiger partial charge in [-0.15, -0.1) is 0 Å². The molecule has 154 valence electrons. The van der Waals surface area contributed by atoms with Crippen LogP contribution in [-0.4, -0.2) is 22.5 Å². The van der Waals surface area contributed by atoms with E-state index in [-0.39, 0.29) is 5.76 Å². The number of rotatable bonds is 5. The quantitative estimate of drug-likeness (QED) is 0.462. The molecular weight excluding hydrogens is 378 g/mol. The number of pyridine rings is 1. The fourth-order valence-electron chi connectivity index (χ4n) is 3.65. The van der Waals surface area contributed by atoms with E-state index in [4.69, 9.17) is 14.1 Å². The Morgan fingerprint density at radius 2 is 1.87 bits per heavy atom. The highest BCUT2D eigenvalue weighted by atomic mass is 16.5. The van der Waals surface area contributed by atoms with Crippen molar-refractivity contribution in [2.24, 2.45) is 0 Å². The number of nitrogens with one attached hydrogen (secondary N) is 1. The van der Waals surface area contributed by atoms with Gasteiger partial charge in [0.1, 0.15) is 5.76 Å². The minimum atomic E-state index is -0.495. The molecule has 0 aliphatic carbocycles. The summed E-state index contributed by atoms with van der Waals surface area (Å²) >= 11 is 0. The number of carbonyl (C=O) groups excluding carboxylic acids is 1. The van der Waals surface area contributed by atoms with Crippen molar-refractivity contribution in [3.05, 3.63) is 76.4 Å². The zero-order valence-electron chi connectivity index (χ0n) is 17.9. The first kappa shape index (κ1) is 19.8. The normalized spacial score (nSPS) is 11.1. The maximum atomic E-state index is 11.8. The van der Waals surface area contributed by atoms with Gasteiger partial charge in [0, 0.05) is 24.0 Å². The molecule has 6 nitrogen and oxygen atoms in total. The fraction of sp³-hybridized carbons (Fsp3) is 0.250. The molecule has 1 N–H and O–H groups in total. The molecule has 0 atom stereocenters. The fourth-order valence-corrected chi connectivity index (χ4v) is 3.65. The lowest BCUT2D eigenvalue weighted by molar-refractivity contribution is 0.0566. The number of hydrogen-bond acceptors (Lipinski definition) is 5. The van der Waals surface area contributed by atoms with Crippen LogP contribution in [0.4, 0.5) is 5.69 Å². The van der Waals surface area contributed by atoms with Crippen molar-refractivity contribution in [2.45, 2.75) is 34.2 Å². The zero-order valence-corrected chi connectivity index (χ0v) is 17.9. The average molecular weight is 403 g/mol. The second kappa shape index (κ2) is 7.71. The van der Waals surface area contributed by atoms with E-state index in [0.717, 1.165) is 28.3 Å². The number of methoxy groups -OCH3 is 1. The van der Waals surface area contributed by atoms with Gasteiger partial charge in [-0.1, -0.05) is 18.2 Å². The number of hydrogen-bond donors (Lipinski definition) is 1. The van der Waals surface area contributed by atoms with E-state index < -0.39 is 5.97 Å². The Labute approximate surface area is 175 Å². The van der Waals surface area contributed by atoms with Crippen LogP contribution in [0.15, 0.2) is 47.0 Å². The van der Waals surface area contributed by atoms with Gasteiger partial charge >= 0.3 is 5.97 Å². The Balaban J connectivity index is 1.77. The van der Waals surface area contributed by atoms with Gasteiger partial charge in [0.2, 0.25) is 5.76 Å². The highest BCUT2D eigenvalue weighted by Gasteiger charge is 2.16. The Bertz CT molecular complexity index is 1230. The van der Waals surface area contributed by atoms with Gasteiger partial charge in [-0.3, -0.25) is 0 Å². The topological polar surface area (TPSA) is 68.8 Å². The number of nitrogens with zero attached hydrogens (tertiary/aromatic N) is 2. The van der Waals surface area contributed by atoms with Crippen molar-refractivity contribution < 1.29 is 13.9 Å². The minimum absolute atomic E-state index is 0.177. The van der Waals surface area contributed by atoms with Crippen molar-refractivity contribution in [1.29, 1.82) is 0 Å². The molecule has 0 unspecified atom stereocenters. The van der Waals surface area contributed by atoms with Crippen LogP contribution < -0.4 is 5.32 Å². The smallest absolute Gasteiger partial charge is 0.373 e. The van der Waals surface area contributed by atoms with Crippen molar-refractivity contribution in [3.63, 3.8) is 0 Å². The van der Waals surface area contributed by atoms with Crippen molar-refractivity contribution in [1.82, 2.24) is 9.38 Å². The third-order valence-corrected chi connectivity index (χ3v) is 5.57. The standard InChI is InChI=1S/C24H25N3O3/c1-14-7-6-8-15(2)19(14)12-25-20-11-18(13-27-17(4)16(3)26-23(20)27)21-9-10-22(30-21)24(28)29-5/h6-11,13,25H,12H2,1-5H3. The summed E-state index contributed by atoms with van der Waals surface area (Å²) in [5, 5.41) is 3.56. The van der Waals surface area contributed by atoms with E-state index in [0.29, 0.717) is 12.3 Å². The number of imidazole rings is 1. The summed E-state index contributed by atoms with van der Waals surface area (Å²) in [7, 11) is 1.34. The largest absolute Gasteiger partial charge is 0.463 e. The van der Waals surface area contributed by atoms with Crippen LogP contribution in [0.25, 0.3) is 17.0 Å². The number of carbonyl (C=O) groups is 1. The number of furan rings is 1. The lowest BCUT2D eigenvalue weighted by Gasteiger charge is -2.14. The van der Waals surface area contributed by atoms with E-state index in [1.54, 1.807) is 12.1 Å². The first-order valence-corrected chi connectivity index (χ1v) is 9.86. The molecule has 1 aromatic carbocycles. The summed E-state index contributed by atoms with van der Waals surface area (Å²) in [5.41, 5.74) is 8.41. The Morgan fingerprint density at radius 3 is 2.57 bits per heavy atom. The van der Waals surface area contributed by atoms with Crippen LogP contribution in [0.1, 0.15) is 38.6 Å². The summed E-state index contributed by atoms with van der Waals surface area (Å²) in [4.78, 5) is 16.5. The number of aryl methyl sites for hydroxylation is 4. The van der Waals surface area contributed by atoms with Gasteiger partial charge in [0.25, 0.3) is 0 Å². The lowest BCUT2D eigenvalue weighted by Crippen LogP contribution is -2.05. The number of fused-ring (bicyclic) bond motifs is 1. The highest BCUT2D eigenvalue weighted by Crippen LogP contribution is 2.30. The second-order valence-corrected chi connectivity index (χ2v) is 7.50. The molecule has 30 heavy (non-hydrogen) atoms. The molecule has 0 saturated heterocycles. The summed E-state index contributed by atoms with van der Waals surface area (Å²) in [6.45, 7) is 8.97. The molecule has 0 radical (unpaired) electrons. The van der Waals surface area contributed by atoms with Crippen molar-refractivity contribution >= 4 is 17.3 Å². The third kappa shape index (κ3) is 3.45. The van der Waals surface area contributed by atoms with E-state index in [9.17, 15) is 4.79 Å². The molecular formula is C24H25N3O3. The van der Waals surface area contributed by atoms with Gasteiger partial charge in [0.05, 0.1) is 18.5 Å². The van der Waals surface area contributed by atoms with E-state index >= 15 is 0 Å². The molecule has 4 rings (SSSR count). The molecule has 3 heterocycles. The van der Waals surface area contributed by atoms with Gasteiger partial charge in [-0.25, -0.2) is 9.78 Å². The molecule has 0 aliphatic rings. The molecule has 0 bridgehead atoms. The monoisotopic (exact) mass is 403 g/mol. The first-order chi connectivity index (χ1) is 14.4. The maximum absolute atomic E-state index is 11.8. The SMILES string of the molecule is COC(=O)c1ccc(-c2cc(NCc3c(C)cccc3C)c3nc(C)c(C)n3c2)o1. The molecule has 4 aromatic rings. The highest BCUT2D eigenvalue weighted by molar-refractivity contribution is 5.87. The van der Waals surface area contributed by atoms with Gasteiger partial charge in [0.15, 0.2) is 5.65 Å². The minimum Gasteiger partial charge on any atom is -0.463 e. The van der Waals surface area contributed by atoms with Crippen LogP contribution in [0, 0.1) is 27.7 Å². The molecule has 0 fully saturated rings. The van der Waals surface area contributed by atoms with E-state index in [2.05, 4.69) is 41.8 Å². The number of esters is 1. The predicted octanol–water partition coefficient (Wildman–Crippen LogP) is 5.23. The summed E-state index contributed by atoms with van der Waals surface area (Å²) < 4.78 is 12.5. The summed E-state index contributed by atoms with van der Waals surface area (Å²) in [6.07, 6.45) is 1.98. The Kier molecular flexibility index (Phi) is 5.08. The van der Waals surface area contributed by atoms with Gasteiger partial charge < -0.3 is 18.9 Å². The maximum Gasteiger partial charge on any atom is 0.373 e. The average Bonchev–Trinajstić information content (AvgIpc) is 3.33. The molecule has 3 aromatic heterocycles. The number of ether oxygens (including phenoxy) is 1. The zero-order chi connectivity index (χ0) is 21.4. The number of benzene rings is 1. The Morgan fingerprint density at radius 1 is 1.13 bits per heavy atom. The van der Waals surface area contributed by atoms with Crippen LogP contribution >= 0.6 is 0 Å². The Hall–Kier alpha value is -3.54. The molecule has 0 aliphatic heterocycles. The van der Waals surface area contributed by atoms with Crippen molar-refractivity contribution in [3.8, 4) is 11.3 Å². The van der Waals surface area contributed by atoms with Gasteiger partial charge in [-0.05, 0) is 62.6 Å². The third-order valence-electron chi connectivity index (χ3n) is 5.57. The van der Waals surface area contributed by atoms with Gasteiger partial charge in [-0.2, -0.15) is 0 Å². The van der Waals surface area contributed by atoms with E-state index in [1.165, 1.54) is 23.8 Å². The number of aromatic nitrogens is 2. The summed E-state index contributed by atoms with van der Waals surface area (Å²) in [6, 6.07) is 11.7. The number of anilines is 1. The summed E-state index contributed by atoms with van der Waals surface area (Å²) in [5.74, 6) is 0.278. The first-order valence-electron chi connectivity index (χ1n) is 9.86.